The van der Waals surface area contributed by atoms with Crippen LogP contribution in [0.5, 0.6) is 11.5 Å². The number of fused-ring (bicyclic) bond motifs is 4. The highest BCUT2D eigenvalue weighted by atomic mass is 35.5. The molecule has 0 unspecified atom stereocenters. The average Bonchev–Trinajstić information content (AvgIpc) is 2.81. The fraction of sp³-hybridized carbons (Fsp3) is 0.231. The monoisotopic (exact) mass is 493 g/mol. The third-order valence-electron chi connectivity index (χ3n) is 6.40. The van der Waals surface area contributed by atoms with Gasteiger partial charge in [-0.1, -0.05) is 41.4 Å². The highest BCUT2D eigenvalue weighted by molar-refractivity contribution is 7.80. The Hall–Kier alpha value is -3.29. The summed E-state index contributed by atoms with van der Waals surface area (Å²) in [6, 6.07) is 20.2. The number of hydrogen-bond acceptors (Lipinski definition) is 4. The summed E-state index contributed by atoms with van der Waals surface area (Å²) in [5.74, 6) is 0.357. The maximum atomic E-state index is 13.8. The van der Waals surface area contributed by atoms with Crippen molar-refractivity contribution in [1.29, 1.82) is 0 Å². The lowest BCUT2D eigenvalue weighted by molar-refractivity contribution is -0.130. The van der Waals surface area contributed by atoms with Gasteiger partial charge in [-0.2, -0.15) is 0 Å². The number of rotatable bonds is 4. The number of carbonyl (C=O) groups excluding carboxylic acids is 1. The summed E-state index contributed by atoms with van der Waals surface area (Å²) >= 11 is 11.8. The van der Waals surface area contributed by atoms with Crippen LogP contribution in [0.15, 0.2) is 66.7 Å². The Morgan fingerprint density at radius 3 is 2.53 bits per heavy atom. The zero-order valence-electron chi connectivity index (χ0n) is 19.0. The number of methoxy groups -OCH3 is 1. The second kappa shape index (κ2) is 8.49. The Bertz CT molecular complexity index is 1270. The van der Waals surface area contributed by atoms with E-state index in [9.17, 15) is 4.79 Å². The second-order valence-corrected chi connectivity index (χ2v) is 9.43. The van der Waals surface area contributed by atoms with E-state index in [4.69, 9.17) is 33.3 Å². The van der Waals surface area contributed by atoms with Crippen LogP contribution in [0.1, 0.15) is 24.1 Å². The minimum Gasteiger partial charge on any atom is -0.493 e. The lowest BCUT2D eigenvalue weighted by atomic mass is 9.78. The molecule has 3 aromatic rings. The number of ether oxygens (including phenoxy) is 2. The predicted molar refractivity (Wildman–Crippen MR) is 138 cm³/mol. The summed E-state index contributed by atoms with van der Waals surface area (Å²) in [7, 11) is 1.60. The summed E-state index contributed by atoms with van der Waals surface area (Å²) in [6.07, 6.45) is 0. The van der Waals surface area contributed by atoms with Crippen LogP contribution in [-0.4, -0.2) is 23.9 Å². The fourth-order valence-electron chi connectivity index (χ4n) is 4.77. The number of aryl methyl sites for hydroxylation is 1. The van der Waals surface area contributed by atoms with Crippen LogP contribution in [0, 0.1) is 12.8 Å². The topological polar surface area (TPSA) is 62.8 Å². The molecular formula is C26H24ClN3O3S. The molecule has 1 amide bonds. The molecule has 6 nitrogen and oxygen atoms in total. The highest BCUT2D eigenvalue weighted by Crippen LogP contribution is 2.52. The lowest BCUT2D eigenvalue weighted by Gasteiger charge is -2.56. The largest absolute Gasteiger partial charge is 0.493 e. The van der Waals surface area contributed by atoms with Crippen LogP contribution in [0.3, 0.4) is 0 Å². The van der Waals surface area contributed by atoms with Crippen LogP contribution in [0.4, 0.5) is 11.4 Å². The van der Waals surface area contributed by atoms with Crippen LogP contribution >= 0.6 is 23.8 Å². The van der Waals surface area contributed by atoms with Gasteiger partial charge >= 0.3 is 0 Å². The standard InChI is InChI=1S/C26H24ClN3O3S/c1-15-7-13-18(14-8-15)30-25(34)29-22-19-5-4-6-20(32-3)23(19)33-26(30,2)21(22)24(31)28-17-11-9-16(27)10-12-17/h4-14,21-22H,1-3H3,(H,28,31)(H,29,34)/t21-,22+,26+/m1/s1. The number of nitrogens with one attached hydrogen (secondary N) is 2. The minimum absolute atomic E-state index is 0.199. The second-order valence-electron chi connectivity index (χ2n) is 8.61. The first-order chi connectivity index (χ1) is 16.3. The van der Waals surface area contributed by atoms with E-state index in [1.165, 1.54) is 0 Å². The molecule has 0 saturated carbocycles. The van der Waals surface area contributed by atoms with Gasteiger partial charge in [0.15, 0.2) is 22.3 Å². The molecule has 174 valence electrons. The van der Waals surface area contributed by atoms with Gasteiger partial charge < -0.3 is 20.1 Å². The van der Waals surface area contributed by atoms with E-state index < -0.39 is 17.7 Å². The number of anilines is 2. The minimum atomic E-state index is -1.12. The molecule has 2 bridgehead atoms. The Balaban J connectivity index is 1.64. The predicted octanol–water partition coefficient (Wildman–Crippen LogP) is 5.46. The number of carbonyl (C=O) groups is 1. The number of thiocarbonyl (C=S) groups is 1. The molecule has 2 aliphatic heterocycles. The van der Waals surface area contributed by atoms with Gasteiger partial charge in [-0.25, -0.2) is 0 Å². The molecule has 0 spiro atoms. The fourth-order valence-corrected chi connectivity index (χ4v) is 5.31. The number of nitrogens with zero attached hydrogens (tertiary/aromatic N) is 1. The zero-order chi connectivity index (χ0) is 24.0. The summed E-state index contributed by atoms with van der Waals surface area (Å²) in [5.41, 5.74) is 2.29. The number of amides is 1. The van der Waals surface area contributed by atoms with Crippen molar-refractivity contribution in [3.05, 3.63) is 82.9 Å². The van der Waals surface area contributed by atoms with Gasteiger partial charge in [0.2, 0.25) is 5.91 Å². The molecular weight excluding hydrogens is 470 g/mol. The molecule has 34 heavy (non-hydrogen) atoms. The third kappa shape index (κ3) is 3.65. The molecule has 3 atom stereocenters. The first-order valence-corrected chi connectivity index (χ1v) is 11.7. The molecule has 0 aliphatic carbocycles. The summed E-state index contributed by atoms with van der Waals surface area (Å²) in [4.78, 5) is 15.7. The van der Waals surface area contributed by atoms with Crippen molar-refractivity contribution in [3.63, 3.8) is 0 Å². The summed E-state index contributed by atoms with van der Waals surface area (Å²) in [6.45, 7) is 3.92. The first kappa shape index (κ1) is 22.5. The van der Waals surface area contributed by atoms with Crippen molar-refractivity contribution >= 4 is 46.2 Å². The van der Waals surface area contributed by atoms with E-state index >= 15 is 0 Å². The molecule has 2 N–H and O–H groups in total. The van der Waals surface area contributed by atoms with Gasteiger partial charge in [-0.3, -0.25) is 9.69 Å². The molecule has 1 fully saturated rings. The smallest absolute Gasteiger partial charge is 0.236 e. The zero-order valence-corrected chi connectivity index (χ0v) is 20.5. The number of para-hydroxylation sites is 1. The molecule has 2 aliphatic rings. The highest BCUT2D eigenvalue weighted by Gasteiger charge is 2.59. The normalized spacial score (nSPS) is 22.8. The summed E-state index contributed by atoms with van der Waals surface area (Å²) < 4.78 is 12.3. The molecule has 0 radical (unpaired) electrons. The molecule has 3 aromatic carbocycles. The number of halogens is 1. The third-order valence-corrected chi connectivity index (χ3v) is 6.95. The van der Waals surface area contributed by atoms with E-state index in [0.717, 1.165) is 16.8 Å². The van der Waals surface area contributed by atoms with Crippen LogP contribution < -0.4 is 25.0 Å². The van der Waals surface area contributed by atoms with E-state index in [1.807, 2.05) is 61.2 Å². The quantitative estimate of drug-likeness (QED) is 0.471. The van der Waals surface area contributed by atoms with Crippen molar-refractivity contribution in [3.8, 4) is 11.5 Å². The van der Waals surface area contributed by atoms with Crippen molar-refractivity contribution in [2.75, 3.05) is 17.3 Å². The molecule has 5 rings (SSSR count). The van der Waals surface area contributed by atoms with Crippen molar-refractivity contribution in [2.24, 2.45) is 5.92 Å². The van der Waals surface area contributed by atoms with E-state index in [0.29, 0.717) is 27.3 Å². The van der Waals surface area contributed by atoms with Gasteiger partial charge in [0.05, 0.1) is 13.2 Å². The Morgan fingerprint density at radius 2 is 1.85 bits per heavy atom. The van der Waals surface area contributed by atoms with Crippen LogP contribution in [-0.2, 0) is 4.79 Å². The molecule has 1 saturated heterocycles. The Labute approximate surface area is 208 Å². The molecule has 0 aromatic heterocycles. The Morgan fingerprint density at radius 1 is 1.15 bits per heavy atom. The average molecular weight is 494 g/mol. The number of hydrogen-bond donors (Lipinski definition) is 2. The van der Waals surface area contributed by atoms with E-state index in [1.54, 1.807) is 31.4 Å². The van der Waals surface area contributed by atoms with E-state index in [-0.39, 0.29) is 5.91 Å². The van der Waals surface area contributed by atoms with Gasteiger partial charge in [0, 0.05) is 22.0 Å². The maximum absolute atomic E-state index is 13.8. The molecule has 2 heterocycles. The SMILES string of the molecule is COc1cccc2c1O[C@@]1(C)[C@@H](C(=O)Nc3ccc(Cl)cc3)[C@H]2NC(=S)N1c1ccc(C)cc1. The maximum Gasteiger partial charge on any atom is 0.236 e. The van der Waals surface area contributed by atoms with Gasteiger partial charge in [-0.15, -0.1) is 0 Å². The number of benzene rings is 3. The Kier molecular flexibility index (Phi) is 5.62. The molecule has 8 heteroatoms. The van der Waals surface area contributed by atoms with Crippen molar-refractivity contribution in [2.45, 2.75) is 25.6 Å². The van der Waals surface area contributed by atoms with Crippen LogP contribution in [0.2, 0.25) is 5.02 Å². The van der Waals surface area contributed by atoms with Crippen LogP contribution in [0.25, 0.3) is 0 Å². The lowest BCUT2D eigenvalue weighted by Crippen LogP contribution is -2.72. The van der Waals surface area contributed by atoms with E-state index in [2.05, 4.69) is 10.6 Å². The first-order valence-electron chi connectivity index (χ1n) is 10.9. The van der Waals surface area contributed by atoms with Gasteiger partial charge in [0.1, 0.15) is 5.92 Å². The van der Waals surface area contributed by atoms with Gasteiger partial charge in [0.25, 0.3) is 0 Å². The van der Waals surface area contributed by atoms with Gasteiger partial charge in [-0.05, 0) is 68.5 Å². The van der Waals surface area contributed by atoms with Crippen molar-refractivity contribution < 1.29 is 14.3 Å². The van der Waals surface area contributed by atoms with Crippen molar-refractivity contribution in [1.82, 2.24) is 5.32 Å². The summed E-state index contributed by atoms with van der Waals surface area (Å²) in [5, 5.41) is 7.52.